The summed E-state index contributed by atoms with van der Waals surface area (Å²) in [6.07, 6.45) is 3.52. The maximum Gasteiger partial charge on any atom is 0.410 e. The number of hydrogen-bond acceptors (Lipinski definition) is 5. The van der Waals surface area contributed by atoms with Crippen LogP contribution in [0.15, 0.2) is 23.4 Å². The first-order valence-electron chi connectivity index (χ1n) is 8.23. The minimum atomic E-state index is -3.55. The molecule has 1 aromatic rings. The molecule has 0 N–H and O–H groups in total. The fraction of sp³-hybridized carbons (Fsp3) is 0.647. The minimum absolute atomic E-state index is 0.0582. The Bertz CT molecular complexity index is 678. The van der Waals surface area contributed by atoms with Gasteiger partial charge in [-0.1, -0.05) is 6.07 Å². The summed E-state index contributed by atoms with van der Waals surface area (Å²) in [6.45, 7) is 7.79. The fourth-order valence-corrected chi connectivity index (χ4v) is 4.22. The molecule has 24 heavy (non-hydrogen) atoms. The van der Waals surface area contributed by atoms with Gasteiger partial charge in [0.25, 0.3) is 0 Å². The van der Waals surface area contributed by atoms with E-state index in [9.17, 15) is 13.2 Å². The zero-order valence-corrected chi connectivity index (χ0v) is 15.6. The van der Waals surface area contributed by atoms with Crippen molar-refractivity contribution in [1.29, 1.82) is 0 Å². The van der Waals surface area contributed by atoms with E-state index in [1.807, 2.05) is 6.92 Å². The van der Waals surface area contributed by atoms with E-state index in [1.165, 1.54) is 6.07 Å². The van der Waals surface area contributed by atoms with Crippen LogP contribution >= 0.6 is 0 Å². The number of carbonyl (C=O) groups excluding carboxylic acids is 1. The van der Waals surface area contributed by atoms with Crippen molar-refractivity contribution in [2.75, 3.05) is 12.3 Å². The van der Waals surface area contributed by atoms with Crippen LogP contribution in [0.2, 0.25) is 0 Å². The SMILES string of the molecule is Cc1ccc(S(=O)(=O)C[C@@H]2CCCCN2C(=O)OC(C)(C)C)nc1. The molecule has 0 aromatic carbocycles. The highest BCUT2D eigenvalue weighted by Crippen LogP contribution is 2.23. The lowest BCUT2D eigenvalue weighted by molar-refractivity contribution is 0.0124. The summed E-state index contributed by atoms with van der Waals surface area (Å²) < 4.78 is 30.7. The summed E-state index contributed by atoms with van der Waals surface area (Å²) in [4.78, 5) is 18.0. The van der Waals surface area contributed by atoms with Gasteiger partial charge in [0, 0.05) is 18.8 Å². The Kier molecular flexibility index (Phi) is 5.52. The molecule has 0 aliphatic carbocycles. The van der Waals surface area contributed by atoms with Gasteiger partial charge in [0.05, 0.1) is 5.75 Å². The zero-order chi connectivity index (χ0) is 18.0. The molecule has 1 aromatic heterocycles. The second-order valence-electron chi connectivity index (χ2n) is 7.28. The third kappa shape index (κ3) is 4.93. The van der Waals surface area contributed by atoms with Crippen molar-refractivity contribution in [2.24, 2.45) is 0 Å². The molecule has 134 valence electrons. The number of sulfone groups is 1. The van der Waals surface area contributed by atoms with Crippen molar-refractivity contribution >= 4 is 15.9 Å². The molecule has 2 heterocycles. The van der Waals surface area contributed by atoms with Gasteiger partial charge in [0.1, 0.15) is 5.60 Å². The standard InChI is InChI=1S/C17H26N2O4S/c1-13-8-9-15(18-11-13)24(21,22)12-14-7-5-6-10-19(14)16(20)23-17(2,3)4/h8-9,11,14H,5-7,10,12H2,1-4H3/t14-/m0/s1. The Labute approximate surface area is 144 Å². The molecule has 0 unspecified atom stereocenters. The second-order valence-corrected chi connectivity index (χ2v) is 9.26. The maximum absolute atomic E-state index is 12.6. The number of ether oxygens (including phenoxy) is 1. The van der Waals surface area contributed by atoms with Gasteiger partial charge >= 0.3 is 6.09 Å². The summed E-state index contributed by atoms with van der Waals surface area (Å²) >= 11 is 0. The van der Waals surface area contributed by atoms with E-state index >= 15 is 0 Å². The van der Waals surface area contributed by atoms with Crippen LogP contribution in [0.1, 0.15) is 45.6 Å². The van der Waals surface area contributed by atoms with Crippen molar-refractivity contribution in [3.63, 3.8) is 0 Å². The number of piperidine rings is 1. The Balaban J connectivity index is 2.15. The van der Waals surface area contributed by atoms with Crippen molar-refractivity contribution in [3.8, 4) is 0 Å². The molecule has 1 aliphatic heterocycles. The topological polar surface area (TPSA) is 76.6 Å². The number of carbonyl (C=O) groups is 1. The van der Waals surface area contributed by atoms with Gasteiger partial charge in [-0.05, 0) is 58.6 Å². The van der Waals surface area contributed by atoms with Gasteiger partial charge in [-0.25, -0.2) is 18.2 Å². The summed E-state index contributed by atoms with van der Waals surface area (Å²) in [5.41, 5.74) is 0.304. The van der Waals surface area contributed by atoms with Crippen LogP contribution in [-0.2, 0) is 14.6 Å². The summed E-state index contributed by atoms with van der Waals surface area (Å²) in [6, 6.07) is 2.87. The summed E-state index contributed by atoms with van der Waals surface area (Å²) in [5.74, 6) is -0.123. The van der Waals surface area contributed by atoms with Gasteiger partial charge in [0.15, 0.2) is 14.9 Å². The third-order valence-electron chi connectivity index (χ3n) is 3.87. The lowest BCUT2D eigenvalue weighted by atomic mass is 10.0. The van der Waals surface area contributed by atoms with Gasteiger partial charge in [-0.15, -0.1) is 0 Å². The molecule has 1 amide bonds. The average molecular weight is 354 g/mol. The largest absolute Gasteiger partial charge is 0.444 e. The Morgan fingerprint density at radius 2 is 2.04 bits per heavy atom. The van der Waals surface area contributed by atoms with Crippen LogP contribution in [0.3, 0.4) is 0 Å². The Morgan fingerprint density at radius 3 is 2.62 bits per heavy atom. The number of aryl methyl sites for hydroxylation is 1. The van der Waals surface area contributed by atoms with Gasteiger partial charge < -0.3 is 9.64 Å². The fourth-order valence-electron chi connectivity index (χ4n) is 2.71. The molecular weight excluding hydrogens is 328 g/mol. The van der Waals surface area contributed by atoms with Crippen LogP contribution in [0.25, 0.3) is 0 Å². The van der Waals surface area contributed by atoms with Crippen molar-refractivity contribution in [1.82, 2.24) is 9.88 Å². The van der Waals surface area contributed by atoms with Crippen molar-refractivity contribution in [2.45, 2.75) is 63.6 Å². The van der Waals surface area contributed by atoms with E-state index in [2.05, 4.69) is 4.98 Å². The Hall–Kier alpha value is -1.63. The number of rotatable bonds is 3. The predicted molar refractivity (Wildman–Crippen MR) is 91.6 cm³/mol. The molecule has 6 nitrogen and oxygen atoms in total. The highest BCUT2D eigenvalue weighted by Gasteiger charge is 2.34. The van der Waals surface area contributed by atoms with Crippen LogP contribution in [0.4, 0.5) is 4.79 Å². The summed E-state index contributed by atoms with van der Waals surface area (Å²) in [5, 5.41) is 0.0582. The first kappa shape index (κ1) is 18.7. The van der Waals surface area contributed by atoms with E-state index in [4.69, 9.17) is 4.74 Å². The highest BCUT2D eigenvalue weighted by atomic mass is 32.2. The molecule has 0 spiro atoms. The molecule has 1 atom stereocenters. The molecule has 1 aliphatic rings. The van der Waals surface area contributed by atoms with Crippen LogP contribution in [0, 0.1) is 6.92 Å². The molecule has 1 fully saturated rings. The first-order valence-corrected chi connectivity index (χ1v) is 9.89. The number of aromatic nitrogens is 1. The maximum atomic E-state index is 12.6. The van der Waals surface area contributed by atoms with Gasteiger partial charge in [-0.2, -0.15) is 0 Å². The third-order valence-corrected chi connectivity index (χ3v) is 5.57. The minimum Gasteiger partial charge on any atom is -0.444 e. The Morgan fingerprint density at radius 1 is 1.33 bits per heavy atom. The predicted octanol–water partition coefficient (Wildman–Crippen LogP) is 2.95. The molecule has 7 heteroatoms. The summed E-state index contributed by atoms with van der Waals surface area (Å²) in [7, 11) is -3.55. The average Bonchev–Trinajstić information content (AvgIpc) is 2.46. The van der Waals surface area contributed by atoms with Crippen molar-refractivity contribution < 1.29 is 17.9 Å². The quantitative estimate of drug-likeness (QED) is 0.834. The number of pyridine rings is 1. The first-order chi connectivity index (χ1) is 11.1. The van der Waals surface area contributed by atoms with E-state index in [0.717, 1.165) is 18.4 Å². The molecule has 0 radical (unpaired) electrons. The number of nitrogens with zero attached hydrogens (tertiary/aromatic N) is 2. The molecule has 0 bridgehead atoms. The van der Waals surface area contributed by atoms with E-state index in [0.29, 0.717) is 13.0 Å². The highest BCUT2D eigenvalue weighted by molar-refractivity contribution is 7.91. The normalized spacial score (nSPS) is 19.2. The lowest BCUT2D eigenvalue weighted by Crippen LogP contribution is -2.48. The lowest BCUT2D eigenvalue weighted by Gasteiger charge is -2.36. The van der Waals surface area contributed by atoms with E-state index < -0.39 is 21.5 Å². The van der Waals surface area contributed by atoms with Crippen molar-refractivity contribution in [3.05, 3.63) is 23.9 Å². The number of amides is 1. The van der Waals surface area contributed by atoms with Gasteiger partial charge in [-0.3, -0.25) is 0 Å². The molecule has 1 saturated heterocycles. The number of hydrogen-bond donors (Lipinski definition) is 0. The van der Waals surface area contributed by atoms with Crippen LogP contribution in [0.5, 0.6) is 0 Å². The monoisotopic (exact) mass is 354 g/mol. The van der Waals surface area contributed by atoms with Gasteiger partial charge in [0.2, 0.25) is 0 Å². The second kappa shape index (κ2) is 7.09. The molecule has 2 rings (SSSR count). The van der Waals surface area contributed by atoms with E-state index in [-0.39, 0.29) is 16.8 Å². The zero-order valence-electron chi connectivity index (χ0n) is 14.8. The number of likely N-dealkylation sites (tertiary alicyclic amines) is 1. The smallest absolute Gasteiger partial charge is 0.410 e. The van der Waals surface area contributed by atoms with Crippen LogP contribution < -0.4 is 0 Å². The van der Waals surface area contributed by atoms with E-state index in [1.54, 1.807) is 37.9 Å². The molecular formula is C17H26N2O4S. The molecule has 0 saturated carbocycles. The van der Waals surface area contributed by atoms with Crippen LogP contribution in [-0.4, -0.2) is 48.3 Å².